The largest absolute Gasteiger partial charge is 0.419 e. The molecule has 0 saturated heterocycles. The van der Waals surface area contributed by atoms with Crippen LogP contribution in [-0.2, 0) is 43.2 Å². The Morgan fingerprint density at radius 1 is 1.07 bits per heavy atom. The minimum absolute atomic E-state index is 0.0297. The van der Waals surface area contributed by atoms with Crippen LogP contribution < -0.4 is 10.6 Å². The lowest BCUT2D eigenvalue weighted by Gasteiger charge is -2.39. The Morgan fingerprint density at radius 3 is 2.17 bits per heavy atom. The Kier molecular flexibility index (Phi) is 8.30. The van der Waals surface area contributed by atoms with E-state index in [1.807, 2.05) is 0 Å². The number of carbonyl (C=O) groups is 2. The molecule has 15 heteroatoms. The summed E-state index contributed by atoms with van der Waals surface area (Å²) in [6, 6.07) is 6.67. The summed E-state index contributed by atoms with van der Waals surface area (Å²) in [7, 11) is 1.22. The fraction of sp³-hybridized carbons (Fsp3) is 0.462. The zero-order chi connectivity index (χ0) is 30.4. The third kappa shape index (κ3) is 5.98. The van der Waals surface area contributed by atoms with E-state index in [0.717, 1.165) is 12.1 Å². The van der Waals surface area contributed by atoms with Gasteiger partial charge >= 0.3 is 12.4 Å². The van der Waals surface area contributed by atoms with E-state index in [0.29, 0.717) is 41.7 Å². The zero-order valence-corrected chi connectivity index (χ0v) is 22.7. The highest BCUT2D eigenvalue weighted by molar-refractivity contribution is 7.78. The first-order valence-electron chi connectivity index (χ1n) is 12.3. The fourth-order valence-electron chi connectivity index (χ4n) is 5.00. The molecular formula is C26H27F6N3O5S. The van der Waals surface area contributed by atoms with Crippen molar-refractivity contribution < 1.29 is 49.4 Å². The number of nitrogens with one attached hydrogen (secondary N) is 2. The van der Waals surface area contributed by atoms with Crippen molar-refractivity contribution in [1.29, 1.82) is 0 Å². The fourth-order valence-corrected chi connectivity index (χ4v) is 5.47. The summed E-state index contributed by atoms with van der Waals surface area (Å²) in [6.07, 6.45) is -10.9. The zero-order valence-electron chi connectivity index (χ0n) is 21.9. The van der Waals surface area contributed by atoms with Crippen LogP contribution in [0.5, 0.6) is 0 Å². The lowest BCUT2D eigenvalue weighted by molar-refractivity contribution is -0.315. The van der Waals surface area contributed by atoms with Gasteiger partial charge in [-0.05, 0) is 47.2 Å². The molecule has 0 radical (unpaired) electrons. The van der Waals surface area contributed by atoms with Crippen LogP contribution in [0.3, 0.4) is 0 Å². The number of nitrogens with zero attached hydrogens (tertiary/aromatic N) is 1. The number of hydrogen-bond donors (Lipinski definition) is 3. The predicted molar refractivity (Wildman–Crippen MR) is 136 cm³/mol. The lowest BCUT2D eigenvalue weighted by Crippen LogP contribution is -2.64. The molecule has 2 amide bonds. The number of methoxy groups -OCH3 is 1. The molecule has 224 valence electrons. The van der Waals surface area contributed by atoms with Crippen molar-refractivity contribution in [2.24, 2.45) is 0 Å². The number of amides is 2. The highest BCUT2D eigenvalue weighted by Crippen LogP contribution is 2.51. The van der Waals surface area contributed by atoms with Crippen molar-refractivity contribution in [3.63, 3.8) is 0 Å². The summed E-state index contributed by atoms with van der Waals surface area (Å²) in [5.41, 5.74) is -5.19. The number of rotatable bonds is 9. The quantitative estimate of drug-likeness (QED) is 0.286. The molecule has 1 saturated carbocycles. The summed E-state index contributed by atoms with van der Waals surface area (Å²) < 4.78 is 110. The Balaban J connectivity index is 1.61. The van der Waals surface area contributed by atoms with E-state index in [-0.39, 0.29) is 18.0 Å². The number of benzene rings is 2. The number of carbonyl (C=O) groups excluding carboxylic acids is 2. The minimum Gasteiger partial charge on any atom is -0.377 e. The standard InChI is InChI=1S/C26H27F6N3O5S/c1-15(36)35-12-17-11-16(13-41(38)39)3-8-20(17)21(35)22(37)34-19-6-4-18(5-7-19)24(25(27,28)29,26(30,31)32)33-14-23(40-2)9-10-23/h3-8,11,21,33H,9-10,12-14H2,1-2H3,(H,34,37)(H,38,39). The van der Waals surface area contributed by atoms with E-state index in [1.54, 1.807) is 11.4 Å². The second kappa shape index (κ2) is 11.0. The molecule has 2 aromatic rings. The molecule has 2 aliphatic rings. The maximum absolute atomic E-state index is 14.2. The van der Waals surface area contributed by atoms with Crippen LogP contribution in [0.15, 0.2) is 42.5 Å². The maximum atomic E-state index is 14.2. The van der Waals surface area contributed by atoms with Gasteiger partial charge in [-0.15, -0.1) is 0 Å². The molecule has 2 aromatic carbocycles. The van der Waals surface area contributed by atoms with Gasteiger partial charge in [0, 0.05) is 32.8 Å². The van der Waals surface area contributed by atoms with Gasteiger partial charge in [0.2, 0.25) is 11.4 Å². The molecular weight excluding hydrogens is 580 g/mol. The highest BCUT2D eigenvalue weighted by Gasteiger charge is 2.72. The normalized spacial score (nSPS) is 19.0. The monoisotopic (exact) mass is 607 g/mol. The average Bonchev–Trinajstić information content (AvgIpc) is 3.54. The summed E-state index contributed by atoms with van der Waals surface area (Å²) in [6.45, 7) is 0.585. The van der Waals surface area contributed by atoms with Gasteiger partial charge < -0.3 is 19.5 Å². The summed E-state index contributed by atoms with van der Waals surface area (Å²) >= 11 is -2.11. The molecule has 1 fully saturated rings. The molecule has 1 aliphatic heterocycles. The number of hydrogen-bond acceptors (Lipinski definition) is 5. The molecule has 4 rings (SSSR count). The topological polar surface area (TPSA) is 108 Å². The van der Waals surface area contributed by atoms with E-state index in [4.69, 9.17) is 9.29 Å². The molecule has 0 bridgehead atoms. The molecule has 3 N–H and O–H groups in total. The van der Waals surface area contributed by atoms with Gasteiger partial charge in [-0.1, -0.05) is 30.3 Å². The predicted octanol–water partition coefficient (Wildman–Crippen LogP) is 4.54. The van der Waals surface area contributed by atoms with Gasteiger partial charge in [0.25, 0.3) is 5.91 Å². The molecule has 8 nitrogen and oxygen atoms in total. The third-order valence-corrected chi connectivity index (χ3v) is 8.03. The molecule has 0 spiro atoms. The second-order valence-electron chi connectivity index (χ2n) is 10.1. The average molecular weight is 608 g/mol. The van der Waals surface area contributed by atoms with Gasteiger partial charge in [-0.2, -0.15) is 26.3 Å². The van der Waals surface area contributed by atoms with Gasteiger partial charge in [-0.25, -0.2) is 4.21 Å². The molecule has 0 aromatic heterocycles. The van der Waals surface area contributed by atoms with Gasteiger partial charge in [0.1, 0.15) is 6.04 Å². The van der Waals surface area contributed by atoms with Crippen LogP contribution in [0, 0.1) is 0 Å². The number of anilines is 1. The van der Waals surface area contributed by atoms with Crippen LogP contribution >= 0.6 is 0 Å². The number of fused-ring (bicyclic) bond motifs is 1. The first kappa shape index (κ1) is 30.9. The van der Waals surface area contributed by atoms with Crippen molar-refractivity contribution in [2.45, 2.75) is 61.6 Å². The summed E-state index contributed by atoms with van der Waals surface area (Å²) in [4.78, 5) is 26.7. The van der Waals surface area contributed by atoms with Crippen LogP contribution in [0.2, 0.25) is 0 Å². The Hall–Kier alpha value is -3.01. The molecule has 1 aliphatic carbocycles. The molecule has 1 heterocycles. The Bertz CT molecular complexity index is 1330. The van der Waals surface area contributed by atoms with E-state index < -0.39 is 64.5 Å². The van der Waals surface area contributed by atoms with Crippen molar-refractivity contribution in [2.75, 3.05) is 19.0 Å². The summed E-state index contributed by atoms with van der Waals surface area (Å²) in [5.74, 6) is -1.36. The SMILES string of the molecule is COC1(CNC(c2ccc(NC(=O)C3c4ccc(CS(=O)O)cc4CN3C(C)=O)cc2)(C(F)(F)F)C(F)(F)F)CC1. The summed E-state index contributed by atoms with van der Waals surface area (Å²) in [5, 5.41) is 4.16. The van der Waals surface area contributed by atoms with Gasteiger partial charge in [-0.3, -0.25) is 14.9 Å². The first-order valence-corrected chi connectivity index (χ1v) is 13.6. The van der Waals surface area contributed by atoms with Gasteiger partial charge in [0.05, 0.1) is 11.4 Å². The third-order valence-electron chi connectivity index (χ3n) is 7.45. The van der Waals surface area contributed by atoms with Crippen LogP contribution in [-0.4, -0.2) is 57.1 Å². The number of alkyl halides is 6. The van der Waals surface area contributed by atoms with Crippen molar-refractivity contribution >= 4 is 28.6 Å². The van der Waals surface area contributed by atoms with Gasteiger partial charge in [0.15, 0.2) is 11.1 Å². The molecule has 41 heavy (non-hydrogen) atoms. The Morgan fingerprint density at radius 2 is 1.68 bits per heavy atom. The lowest BCUT2D eigenvalue weighted by atomic mass is 9.87. The molecule has 2 atom stereocenters. The second-order valence-corrected chi connectivity index (χ2v) is 11.0. The van der Waals surface area contributed by atoms with E-state index in [9.17, 15) is 40.1 Å². The molecule has 2 unspecified atom stereocenters. The van der Waals surface area contributed by atoms with E-state index >= 15 is 0 Å². The van der Waals surface area contributed by atoms with E-state index in [2.05, 4.69) is 5.32 Å². The van der Waals surface area contributed by atoms with Crippen molar-refractivity contribution in [3.05, 3.63) is 64.7 Å². The minimum atomic E-state index is -5.77. The number of ether oxygens (including phenoxy) is 1. The first-order chi connectivity index (χ1) is 19.0. The van der Waals surface area contributed by atoms with E-state index in [1.165, 1.54) is 31.1 Å². The van der Waals surface area contributed by atoms with Crippen LogP contribution in [0.4, 0.5) is 32.0 Å². The van der Waals surface area contributed by atoms with Crippen molar-refractivity contribution in [1.82, 2.24) is 10.2 Å². The Labute approximate surface area is 233 Å². The highest BCUT2D eigenvalue weighted by atomic mass is 32.2. The number of halogens is 6. The van der Waals surface area contributed by atoms with Crippen LogP contribution in [0.1, 0.15) is 48.1 Å². The van der Waals surface area contributed by atoms with Crippen molar-refractivity contribution in [3.8, 4) is 0 Å². The smallest absolute Gasteiger partial charge is 0.377 e. The van der Waals surface area contributed by atoms with Crippen LogP contribution in [0.25, 0.3) is 0 Å². The maximum Gasteiger partial charge on any atom is 0.419 e.